The van der Waals surface area contributed by atoms with Gasteiger partial charge in [0.05, 0.1) is 30.0 Å². The summed E-state index contributed by atoms with van der Waals surface area (Å²) in [5.74, 6) is 1.01. The van der Waals surface area contributed by atoms with Crippen LogP contribution in [0.4, 0.5) is 0 Å². The summed E-state index contributed by atoms with van der Waals surface area (Å²) in [4.78, 5) is 14.0. The van der Waals surface area contributed by atoms with Gasteiger partial charge in [0.25, 0.3) is 0 Å². The monoisotopic (exact) mass is 409 g/mol. The van der Waals surface area contributed by atoms with Crippen molar-refractivity contribution in [3.63, 3.8) is 0 Å². The SMILES string of the molecule is C=CCOc1c(C(=O)OCC)c(-c2cccs2)n2c1-c1ccc(OC)cc1CC2. The molecule has 150 valence electrons. The highest BCUT2D eigenvalue weighted by Crippen LogP contribution is 2.47. The lowest BCUT2D eigenvalue weighted by molar-refractivity contribution is 0.0523. The van der Waals surface area contributed by atoms with Crippen LogP contribution in [0.5, 0.6) is 11.5 Å². The van der Waals surface area contributed by atoms with E-state index in [9.17, 15) is 4.79 Å². The van der Waals surface area contributed by atoms with Crippen LogP contribution in [-0.4, -0.2) is 30.9 Å². The molecule has 6 heteroatoms. The van der Waals surface area contributed by atoms with Crippen LogP contribution in [0.15, 0.2) is 48.4 Å². The van der Waals surface area contributed by atoms with E-state index in [1.54, 1.807) is 24.5 Å². The minimum absolute atomic E-state index is 0.303. The molecule has 1 aliphatic rings. The van der Waals surface area contributed by atoms with Crippen LogP contribution in [0, 0.1) is 0 Å². The third-order valence-corrected chi connectivity index (χ3v) is 5.85. The fraction of sp³-hybridized carbons (Fsp3) is 0.261. The summed E-state index contributed by atoms with van der Waals surface area (Å²) < 4.78 is 19.1. The van der Waals surface area contributed by atoms with Crippen LogP contribution in [0.2, 0.25) is 0 Å². The van der Waals surface area contributed by atoms with Gasteiger partial charge in [0.1, 0.15) is 17.9 Å². The zero-order valence-electron chi connectivity index (χ0n) is 16.6. The number of methoxy groups -OCH3 is 1. The van der Waals surface area contributed by atoms with E-state index in [1.165, 1.54) is 5.56 Å². The van der Waals surface area contributed by atoms with Gasteiger partial charge in [-0.15, -0.1) is 11.3 Å². The number of ether oxygens (including phenoxy) is 3. The summed E-state index contributed by atoms with van der Waals surface area (Å²) in [6.45, 7) is 6.92. The van der Waals surface area contributed by atoms with Gasteiger partial charge >= 0.3 is 5.97 Å². The number of thiophene rings is 1. The first-order valence-corrected chi connectivity index (χ1v) is 10.5. The Hall–Kier alpha value is -2.99. The van der Waals surface area contributed by atoms with E-state index in [2.05, 4.69) is 17.2 Å². The molecule has 0 radical (unpaired) electrons. The Kier molecular flexibility index (Phi) is 5.45. The number of esters is 1. The maximum atomic E-state index is 13.0. The van der Waals surface area contributed by atoms with Gasteiger partial charge in [0.2, 0.25) is 0 Å². The van der Waals surface area contributed by atoms with Crippen LogP contribution in [0.25, 0.3) is 21.8 Å². The average Bonchev–Trinajstić information content (AvgIpc) is 3.37. The molecule has 3 heterocycles. The molecule has 0 spiro atoms. The molecule has 0 unspecified atom stereocenters. The van der Waals surface area contributed by atoms with Crippen LogP contribution in [0.1, 0.15) is 22.8 Å². The smallest absolute Gasteiger partial charge is 0.344 e. The molecule has 0 bridgehead atoms. The number of fused-ring (bicyclic) bond motifs is 3. The molecule has 0 saturated carbocycles. The Morgan fingerprint density at radius 2 is 2.17 bits per heavy atom. The normalized spacial score (nSPS) is 12.1. The van der Waals surface area contributed by atoms with E-state index in [4.69, 9.17) is 14.2 Å². The van der Waals surface area contributed by atoms with Crippen LogP contribution in [0.3, 0.4) is 0 Å². The fourth-order valence-electron chi connectivity index (χ4n) is 3.80. The van der Waals surface area contributed by atoms with Gasteiger partial charge in [-0.05, 0) is 48.6 Å². The lowest BCUT2D eigenvalue weighted by Crippen LogP contribution is -2.12. The Bertz CT molecular complexity index is 1050. The number of rotatable bonds is 7. The molecule has 1 aliphatic heterocycles. The zero-order chi connectivity index (χ0) is 20.4. The van der Waals surface area contributed by atoms with E-state index in [0.29, 0.717) is 24.5 Å². The predicted octanol–water partition coefficient (Wildman–Crippen LogP) is 5.19. The third-order valence-electron chi connectivity index (χ3n) is 4.97. The van der Waals surface area contributed by atoms with Gasteiger partial charge in [-0.2, -0.15) is 0 Å². The summed E-state index contributed by atoms with van der Waals surface area (Å²) in [6.07, 6.45) is 2.53. The molecule has 4 rings (SSSR count). The first kappa shape index (κ1) is 19.3. The summed E-state index contributed by atoms with van der Waals surface area (Å²) in [7, 11) is 1.67. The second-order valence-corrected chi connectivity index (χ2v) is 7.57. The number of carbonyl (C=O) groups is 1. The van der Waals surface area contributed by atoms with Crippen LogP contribution >= 0.6 is 11.3 Å². The summed E-state index contributed by atoms with van der Waals surface area (Å²) in [6, 6.07) is 10.0. The Balaban J connectivity index is 2.01. The number of aromatic nitrogens is 1. The molecule has 0 fully saturated rings. The minimum Gasteiger partial charge on any atom is -0.497 e. The first-order valence-electron chi connectivity index (χ1n) is 9.58. The van der Waals surface area contributed by atoms with E-state index < -0.39 is 0 Å². The molecular weight excluding hydrogens is 386 g/mol. The molecule has 0 amide bonds. The highest BCUT2D eigenvalue weighted by Gasteiger charge is 2.34. The minimum atomic E-state index is -0.369. The molecule has 0 atom stereocenters. The molecule has 3 aromatic rings. The van der Waals surface area contributed by atoms with Crippen LogP contribution < -0.4 is 9.47 Å². The number of carbonyl (C=O) groups excluding carboxylic acids is 1. The Labute approximate surface area is 174 Å². The molecule has 2 aromatic heterocycles. The standard InChI is InChI=1S/C23H23NO4S/c1-4-12-28-22-19(23(25)27-5-2)21(18-7-6-13-29-18)24-11-10-15-14-16(26-3)8-9-17(15)20(22)24/h4,6-9,13-14H,1,5,10-12H2,2-3H3. The van der Waals surface area contributed by atoms with Crippen molar-refractivity contribution < 1.29 is 19.0 Å². The molecule has 29 heavy (non-hydrogen) atoms. The number of aryl methyl sites for hydroxylation is 1. The predicted molar refractivity (Wildman–Crippen MR) is 115 cm³/mol. The molecular formula is C23H23NO4S. The van der Waals surface area contributed by atoms with Crippen molar-refractivity contribution in [1.29, 1.82) is 0 Å². The largest absolute Gasteiger partial charge is 0.497 e. The molecule has 0 saturated heterocycles. The topological polar surface area (TPSA) is 49.7 Å². The van der Waals surface area contributed by atoms with Crippen molar-refractivity contribution in [1.82, 2.24) is 4.57 Å². The highest BCUT2D eigenvalue weighted by atomic mass is 32.1. The Morgan fingerprint density at radius 3 is 2.86 bits per heavy atom. The van der Waals surface area contributed by atoms with Crippen molar-refractivity contribution in [3.05, 3.63) is 59.5 Å². The van der Waals surface area contributed by atoms with Gasteiger partial charge < -0.3 is 18.8 Å². The number of hydrogen-bond donors (Lipinski definition) is 0. The molecule has 5 nitrogen and oxygen atoms in total. The maximum absolute atomic E-state index is 13.0. The van der Waals surface area contributed by atoms with Gasteiger partial charge in [-0.3, -0.25) is 0 Å². The average molecular weight is 410 g/mol. The first-order chi connectivity index (χ1) is 14.2. The molecule has 0 N–H and O–H groups in total. The van der Waals surface area contributed by atoms with Crippen molar-refractivity contribution in [3.8, 4) is 33.3 Å². The van der Waals surface area contributed by atoms with Crippen LogP contribution in [-0.2, 0) is 17.7 Å². The maximum Gasteiger partial charge on any atom is 0.344 e. The van der Waals surface area contributed by atoms with E-state index in [-0.39, 0.29) is 5.97 Å². The third kappa shape index (κ3) is 3.34. The summed E-state index contributed by atoms with van der Waals surface area (Å²) in [5.41, 5.74) is 4.46. The van der Waals surface area contributed by atoms with E-state index >= 15 is 0 Å². The molecule has 0 aliphatic carbocycles. The zero-order valence-corrected chi connectivity index (χ0v) is 17.4. The second kappa shape index (κ2) is 8.17. The summed E-state index contributed by atoms with van der Waals surface area (Å²) in [5, 5.41) is 2.01. The molecule has 1 aromatic carbocycles. The van der Waals surface area contributed by atoms with Crippen molar-refractivity contribution in [2.24, 2.45) is 0 Å². The van der Waals surface area contributed by atoms with Crippen molar-refractivity contribution in [2.45, 2.75) is 19.9 Å². The van der Waals surface area contributed by atoms with Gasteiger partial charge in [-0.25, -0.2) is 4.79 Å². The number of benzene rings is 1. The van der Waals surface area contributed by atoms with Gasteiger partial charge in [0, 0.05) is 12.1 Å². The second-order valence-electron chi connectivity index (χ2n) is 6.62. The number of hydrogen-bond acceptors (Lipinski definition) is 5. The van der Waals surface area contributed by atoms with E-state index in [0.717, 1.165) is 40.5 Å². The highest BCUT2D eigenvalue weighted by molar-refractivity contribution is 7.13. The summed E-state index contributed by atoms with van der Waals surface area (Å²) >= 11 is 1.60. The van der Waals surface area contributed by atoms with E-state index in [1.807, 2.05) is 36.6 Å². The van der Waals surface area contributed by atoms with Crippen molar-refractivity contribution in [2.75, 3.05) is 20.3 Å². The number of nitrogens with zero attached hydrogens (tertiary/aromatic N) is 1. The van der Waals surface area contributed by atoms with Crippen molar-refractivity contribution >= 4 is 17.3 Å². The quantitative estimate of drug-likeness (QED) is 0.398. The van der Waals surface area contributed by atoms with Gasteiger partial charge in [-0.1, -0.05) is 18.7 Å². The fourth-order valence-corrected chi connectivity index (χ4v) is 4.58. The lowest BCUT2D eigenvalue weighted by Gasteiger charge is -2.22. The van der Waals surface area contributed by atoms with Gasteiger partial charge in [0.15, 0.2) is 5.75 Å². The Morgan fingerprint density at radius 1 is 1.31 bits per heavy atom. The lowest BCUT2D eigenvalue weighted by atomic mass is 9.97.